The van der Waals surface area contributed by atoms with Crippen LogP contribution in [0.1, 0.15) is 6.92 Å². The van der Waals surface area contributed by atoms with Crippen LogP contribution in [0.25, 0.3) is 0 Å². The number of aliphatic hydroxyl groups is 1. The van der Waals surface area contributed by atoms with Crippen LogP contribution in [0.5, 0.6) is 0 Å². The maximum absolute atomic E-state index is 8.88. The van der Waals surface area contributed by atoms with E-state index in [0.29, 0.717) is 0 Å². The van der Waals surface area contributed by atoms with Gasteiger partial charge in [0.25, 0.3) is 0 Å². The number of aliphatic hydroxyl groups excluding tert-OH is 1. The molecule has 0 heterocycles. The normalized spacial score (nSPS) is 9.71. The van der Waals surface area contributed by atoms with E-state index in [0.717, 1.165) is 0 Å². The van der Waals surface area contributed by atoms with Crippen molar-refractivity contribution in [2.24, 2.45) is 0 Å². The zero-order chi connectivity index (χ0) is 11.7. The molecule has 0 bridgehead atoms. The van der Waals surface area contributed by atoms with Crippen LogP contribution in [0.2, 0.25) is 0 Å². The summed E-state index contributed by atoms with van der Waals surface area (Å²) in [7, 11) is -9.28. The molecule has 14 heavy (non-hydrogen) atoms. The van der Waals surface area contributed by atoms with Crippen molar-refractivity contribution in [2.45, 2.75) is 6.92 Å². The molecule has 0 rings (SSSR count). The zero-order valence-corrected chi connectivity index (χ0v) is 9.80. The SMILES string of the molecule is CCO.O=P(O)(O)O.O=P(O)(O)O.[Fe]. The van der Waals surface area contributed by atoms with Gasteiger partial charge in [0.2, 0.25) is 0 Å². The predicted octanol–water partition coefficient (Wildman–Crippen LogP) is -1.86. The first-order valence-electron chi connectivity index (χ1n) is 2.59. The van der Waals surface area contributed by atoms with Crippen molar-refractivity contribution in [1.29, 1.82) is 0 Å². The smallest absolute Gasteiger partial charge is 0.397 e. The van der Waals surface area contributed by atoms with E-state index < -0.39 is 15.6 Å². The first-order valence-corrected chi connectivity index (χ1v) is 5.72. The van der Waals surface area contributed by atoms with Gasteiger partial charge in [0.05, 0.1) is 0 Å². The van der Waals surface area contributed by atoms with Crippen molar-refractivity contribution in [3.05, 3.63) is 0 Å². The first kappa shape index (κ1) is 24.1. The van der Waals surface area contributed by atoms with Crippen LogP contribution >= 0.6 is 15.6 Å². The molecule has 92 valence electrons. The Labute approximate surface area is 90.4 Å². The van der Waals surface area contributed by atoms with E-state index in [1.54, 1.807) is 6.92 Å². The summed E-state index contributed by atoms with van der Waals surface area (Å²) in [5.41, 5.74) is 0. The molecule has 0 aromatic heterocycles. The molecule has 0 saturated carbocycles. The molecular formula is C2H12FeO9P2. The van der Waals surface area contributed by atoms with Gasteiger partial charge in [-0.1, -0.05) is 0 Å². The van der Waals surface area contributed by atoms with Crippen molar-refractivity contribution >= 4 is 15.6 Å². The molecule has 0 atom stereocenters. The van der Waals surface area contributed by atoms with Gasteiger partial charge in [-0.25, -0.2) is 9.13 Å². The van der Waals surface area contributed by atoms with Crippen LogP contribution in [0.3, 0.4) is 0 Å². The van der Waals surface area contributed by atoms with Crippen molar-refractivity contribution in [1.82, 2.24) is 0 Å². The minimum Gasteiger partial charge on any atom is -0.397 e. The Morgan fingerprint density at radius 3 is 0.857 bits per heavy atom. The van der Waals surface area contributed by atoms with Crippen LogP contribution in [0.4, 0.5) is 0 Å². The molecule has 0 aliphatic heterocycles. The molecule has 0 aliphatic rings. The maximum Gasteiger partial charge on any atom is 0.466 e. The molecule has 9 nitrogen and oxygen atoms in total. The zero-order valence-electron chi connectivity index (χ0n) is 6.90. The third-order valence-corrected chi connectivity index (χ3v) is 0. The summed E-state index contributed by atoms with van der Waals surface area (Å²) in [4.78, 5) is 43.1. The molecular weight excluding hydrogens is 286 g/mol. The van der Waals surface area contributed by atoms with Gasteiger partial charge in [-0.2, -0.15) is 0 Å². The molecule has 0 amide bonds. The van der Waals surface area contributed by atoms with Gasteiger partial charge in [0, 0.05) is 23.7 Å². The number of phosphoric acid groups is 2. The Bertz CT molecular complexity index is 145. The van der Waals surface area contributed by atoms with Crippen molar-refractivity contribution < 1.29 is 60.7 Å². The average Bonchev–Trinajstić information content (AvgIpc) is 1.52. The molecule has 12 heteroatoms. The van der Waals surface area contributed by atoms with Crippen molar-refractivity contribution in [3.63, 3.8) is 0 Å². The van der Waals surface area contributed by atoms with Crippen molar-refractivity contribution in [2.75, 3.05) is 6.61 Å². The molecule has 0 radical (unpaired) electrons. The standard InChI is InChI=1S/C2H6O.Fe.2H3O4P/c1-2-3;;2*1-5(2,3)4/h3H,2H2,1H3;;2*(H3,1,2,3,4). The first-order chi connectivity index (χ1) is 5.41. The van der Waals surface area contributed by atoms with Gasteiger partial charge >= 0.3 is 15.6 Å². The third-order valence-electron chi connectivity index (χ3n) is 0. The largest absolute Gasteiger partial charge is 0.466 e. The fraction of sp³-hybridized carbons (Fsp3) is 1.00. The molecule has 7 N–H and O–H groups in total. The second-order valence-corrected chi connectivity index (χ2v) is 3.40. The van der Waals surface area contributed by atoms with Gasteiger partial charge in [-0.05, 0) is 6.92 Å². The number of hydrogen-bond donors (Lipinski definition) is 7. The molecule has 0 aromatic rings. The van der Waals surface area contributed by atoms with E-state index in [-0.39, 0.29) is 23.7 Å². The fourth-order valence-electron chi connectivity index (χ4n) is 0. The summed E-state index contributed by atoms with van der Waals surface area (Å²) in [5, 5.41) is 7.57. The molecule has 0 unspecified atom stereocenters. The summed E-state index contributed by atoms with van der Waals surface area (Å²) in [6.45, 7) is 1.93. The summed E-state index contributed by atoms with van der Waals surface area (Å²) >= 11 is 0. The van der Waals surface area contributed by atoms with Crippen LogP contribution in [-0.4, -0.2) is 41.1 Å². The third kappa shape index (κ3) is 3550. The molecule has 0 saturated heterocycles. The van der Waals surface area contributed by atoms with Crippen LogP contribution in [0.15, 0.2) is 0 Å². The fourth-order valence-corrected chi connectivity index (χ4v) is 0. The van der Waals surface area contributed by atoms with E-state index in [2.05, 4.69) is 0 Å². The van der Waals surface area contributed by atoms with Crippen molar-refractivity contribution in [3.8, 4) is 0 Å². The number of hydrogen-bond acceptors (Lipinski definition) is 3. The Kier molecular flexibility index (Phi) is 20.3. The second-order valence-electron chi connectivity index (χ2n) is 1.34. The Hall–Kier alpha value is 0.699. The Morgan fingerprint density at radius 1 is 0.857 bits per heavy atom. The molecule has 0 aliphatic carbocycles. The predicted molar refractivity (Wildman–Crippen MR) is 41.3 cm³/mol. The average molecular weight is 298 g/mol. The topological polar surface area (TPSA) is 176 Å². The molecule has 0 spiro atoms. The maximum atomic E-state index is 8.88. The summed E-state index contributed by atoms with van der Waals surface area (Å²) in [5.74, 6) is 0. The monoisotopic (exact) mass is 298 g/mol. The minimum atomic E-state index is -4.64. The van der Waals surface area contributed by atoms with E-state index in [4.69, 9.17) is 43.6 Å². The minimum absolute atomic E-state index is 0. The molecule has 0 aromatic carbocycles. The van der Waals surface area contributed by atoms with Gasteiger partial charge in [0.1, 0.15) is 0 Å². The van der Waals surface area contributed by atoms with Gasteiger partial charge < -0.3 is 34.5 Å². The summed E-state index contributed by atoms with van der Waals surface area (Å²) in [6.07, 6.45) is 0. The van der Waals surface area contributed by atoms with E-state index in [9.17, 15) is 0 Å². The number of rotatable bonds is 0. The van der Waals surface area contributed by atoms with Gasteiger partial charge in [-0.15, -0.1) is 0 Å². The Morgan fingerprint density at radius 2 is 0.857 bits per heavy atom. The van der Waals surface area contributed by atoms with Crippen LogP contribution < -0.4 is 0 Å². The van der Waals surface area contributed by atoms with E-state index in [1.165, 1.54) is 0 Å². The van der Waals surface area contributed by atoms with Crippen LogP contribution in [0, 0.1) is 0 Å². The summed E-state index contributed by atoms with van der Waals surface area (Å²) in [6, 6.07) is 0. The van der Waals surface area contributed by atoms with Crippen LogP contribution in [-0.2, 0) is 26.2 Å². The van der Waals surface area contributed by atoms with Gasteiger partial charge in [-0.3, -0.25) is 0 Å². The second kappa shape index (κ2) is 11.8. The van der Waals surface area contributed by atoms with E-state index in [1.807, 2.05) is 0 Å². The Balaban J connectivity index is -0.0000000535. The summed E-state index contributed by atoms with van der Waals surface area (Å²) < 4.78 is 17.8. The van der Waals surface area contributed by atoms with E-state index >= 15 is 0 Å². The quantitative estimate of drug-likeness (QED) is 0.199. The molecule has 0 fully saturated rings. The van der Waals surface area contributed by atoms with Gasteiger partial charge in [0.15, 0.2) is 0 Å².